The van der Waals surface area contributed by atoms with E-state index in [1.807, 2.05) is 0 Å². The fraction of sp³-hybridized carbons (Fsp3) is 0.250. The quantitative estimate of drug-likeness (QED) is 0.755. The molecule has 2 aromatic rings. The molecule has 0 saturated carbocycles. The van der Waals surface area contributed by atoms with Crippen LogP contribution in [0.5, 0.6) is 0 Å². The highest BCUT2D eigenvalue weighted by Gasteiger charge is 2.13. The standard InChI is InChI=1S/C8H8N2O3/c1-5(11)8-9-7(10-13-8)6-3-2-4-12-6/h2-5,11H,1H3. The Hall–Kier alpha value is -1.62. The molecule has 1 N–H and O–H groups in total. The second kappa shape index (κ2) is 3.02. The van der Waals surface area contributed by atoms with Gasteiger partial charge in [-0.25, -0.2) is 0 Å². The van der Waals surface area contributed by atoms with E-state index in [1.165, 1.54) is 6.26 Å². The minimum Gasteiger partial charge on any atom is -0.461 e. The number of hydrogen-bond acceptors (Lipinski definition) is 5. The summed E-state index contributed by atoms with van der Waals surface area (Å²) < 4.78 is 9.82. The second-order valence-electron chi connectivity index (χ2n) is 2.61. The Balaban J connectivity index is 2.33. The van der Waals surface area contributed by atoms with E-state index in [4.69, 9.17) is 14.0 Å². The van der Waals surface area contributed by atoms with Crippen molar-refractivity contribution in [3.8, 4) is 11.6 Å². The lowest BCUT2D eigenvalue weighted by atomic mass is 10.4. The molecule has 2 heterocycles. The van der Waals surface area contributed by atoms with Crippen molar-refractivity contribution in [1.29, 1.82) is 0 Å². The Labute approximate surface area is 74.0 Å². The van der Waals surface area contributed by atoms with Gasteiger partial charge in [0.1, 0.15) is 6.10 Å². The Bertz CT molecular complexity index is 378. The first-order valence-corrected chi connectivity index (χ1v) is 3.83. The number of furan rings is 1. The lowest BCUT2D eigenvalue weighted by Crippen LogP contribution is -1.89. The smallest absolute Gasteiger partial charge is 0.255 e. The van der Waals surface area contributed by atoms with E-state index in [1.54, 1.807) is 19.1 Å². The van der Waals surface area contributed by atoms with Gasteiger partial charge in [0, 0.05) is 0 Å². The van der Waals surface area contributed by atoms with Gasteiger partial charge < -0.3 is 14.0 Å². The number of aliphatic hydroxyl groups excluding tert-OH is 1. The first-order chi connectivity index (χ1) is 6.27. The van der Waals surface area contributed by atoms with Crippen molar-refractivity contribution in [2.24, 2.45) is 0 Å². The zero-order chi connectivity index (χ0) is 9.26. The molecule has 0 aromatic carbocycles. The van der Waals surface area contributed by atoms with E-state index in [9.17, 15) is 0 Å². The van der Waals surface area contributed by atoms with Crippen LogP contribution in [0.15, 0.2) is 27.3 Å². The maximum absolute atomic E-state index is 9.11. The van der Waals surface area contributed by atoms with Crippen molar-refractivity contribution >= 4 is 0 Å². The van der Waals surface area contributed by atoms with Gasteiger partial charge in [-0.2, -0.15) is 4.98 Å². The van der Waals surface area contributed by atoms with Gasteiger partial charge in [-0.05, 0) is 19.1 Å². The molecule has 5 nitrogen and oxygen atoms in total. The van der Waals surface area contributed by atoms with Crippen LogP contribution in [-0.4, -0.2) is 15.2 Å². The van der Waals surface area contributed by atoms with E-state index in [0.29, 0.717) is 11.6 Å². The average Bonchev–Trinajstić information content (AvgIpc) is 2.75. The van der Waals surface area contributed by atoms with Crippen LogP contribution in [0, 0.1) is 0 Å². The van der Waals surface area contributed by atoms with Crippen LogP contribution in [0.2, 0.25) is 0 Å². The maximum atomic E-state index is 9.11. The number of aliphatic hydroxyl groups is 1. The Morgan fingerprint density at radius 1 is 1.54 bits per heavy atom. The summed E-state index contributed by atoms with van der Waals surface area (Å²) >= 11 is 0. The Kier molecular flexibility index (Phi) is 1.86. The van der Waals surface area contributed by atoms with Crippen LogP contribution in [0.1, 0.15) is 18.9 Å². The summed E-state index contributed by atoms with van der Waals surface area (Å²) in [6.07, 6.45) is 0.768. The number of rotatable bonds is 2. The summed E-state index contributed by atoms with van der Waals surface area (Å²) in [6, 6.07) is 3.45. The molecule has 0 radical (unpaired) electrons. The highest BCUT2D eigenvalue weighted by atomic mass is 16.5. The van der Waals surface area contributed by atoms with Crippen LogP contribution < -0.4 is 0 Å². The predicted molar refractivity (Wildman–Crippen MR) is 42.6 cm³/mol. The molecule has 68 valence electrons. The predicted octanol–water partition coefficient (Wildman–Crippen LogP) is 1.38. The van der Waals surface area contributed by atoms with Gasteiger partial charge in [0.15, 0.2) is 5.76 Å². The molecular weight excluding hydrogens is 172 g/mol. The fourth-order valence-corrected chi connectivity index (χ4v) is 0.911. The van der Waals surface area contributed by atoms with Crippen molar-refractivity contribution in [1.82, 2.24) is 10.1 Å². The third-order valence-corrected chi connectivity index (χ3v) is 1.54. The first kappa shape index (κ1) is 8.00. The van der Waals surface area contributed by atoms with Gasteiger partial charge >= 0.3 is 0 Å². The third-order valence-electron chi connectivity index (χ3n) is 1.54. The molecule has 0 aliphatic carbocycles. The topological polar surface area (TPSA) is 72.3 Å². The summed E-state index contributed by atoms with van der Waals surface area (Å²) in [5, 5.41) is 12.7. The zero-order valence-electron chi connectivity index (χ0n) is 6.97. The van der Waals surface area contributed by atoms with E-state index in [2.05, 4.69) is 10.1 Å². The summed E-state index contributed by atoms with van der Waals surface area (Å²) in [7, 11) is 0. The SMILES string of the molecule is CC(O)c1nc(-c2ccco2)no1. The maximum Gasteiger partial charge on any atom is 0.255 e. The van der Waals surface area contributed by atoms with Gasteiger partial charge in [0.25, 0.3) is 5.89 Å². The molecule has 2 aromatic heterocycles. The molecule has 2 rings (SSSR count). The number of nitrogens with zero attached hydrogens (tertiary/aromatic N) is 2. The summed E-state index contributed by atoms with van der Waals surface area (Å²) in [5.41, 5.74) is 0. The molecule has 0 saturated heterocycles. The first-order valence-electron chi connectivity index (χ1n) is 3.83. The normalized spacial score (nSPS) is 13.1. The van der Waals surface area contributed by atoms with E-state index >= 15 is 0 Å². The van der Waals surface area contributed by atoms with E-state index in [-0.39, 0.29) is 5.89 Å². The molecule has 5 heteroatoms. The molecule has 13 heavy (non-hydrogen) atoms. The fourth-order valence-electron chi connectivity index (χ4n) is 0.911. The van der Waals surface area contributed by atoms with Gasteiger partial charge in [-0.3, -0.25) is 0 Å². The molecule has 0 bridgehead atoms. The molecule has 1 atom stereocenters. The van der Waals surface area contributed by atoms with Crippen LogP contribution >= 0.6 is 0 Å². The highest BCUT2D eigenvalue weighted by Crippen LogP contribution is 2.18. The van der Waals surface area contributed by atoms with Crippen LogP contribution in [0.4, 0.5) is 0 Å². The Morgan fingerprint density at radius 2 is 2.38 bits per heavy atom. The summed E-state index contributed by atoms with van der Waals surface area (Å²) in [6.45, 7) is 1.55. The van der Waals surface area contributed by atoms with E-state index in [0.717, 1.165) is 0 Å². The van der Waals surface area contributed by atoms with Gasteiger partial charge in [-0.1, -0.05) is 5.16 Å². The third kappa shape index (κ3) is 1.46. The average molecular weight is 180 g/mol. The number of hydrogen-bond donors (Lipinski definition) is 1. The minimum absolute atomic E-state index is 0.186. The van der Waals surface area contributed by atoms with Crippen LogP contribution in [0.25, 0.3) is 11.6 Å². The van der Waals surface area contributed by atoms with Crippen molar-refractivity contribution < 1.29 is 14.0 Å². The molecule has 0 aliphatic heterocycles. The lowest BCUT2D eigenvalue weighted by molar-refractivity contribution is 0.152. The number of aromatic nitrogens is 2. The minimum atomic E-state index is -0.754. The van der Waals surface area contributed by atoms with Gasteiger partial charge in [-0.15, -0.1) is 0 Å². The molecule has 0 aliphatic rings. The van der Waals surface area contributed by atoms with E-state index < -0.39 is 6.10 Å². The highest BCUT2D eigenvalue weighted by molar-refractivity contribution is 5.44. The molecule has 0 fully saturated rings. The molecule has 1 unspecified atom stereocenters. The summed E-state index contributed by atoms with van der Waals surface area (Å²) in [5.74, 6) is 1.06. The van der Waals surface area contributed by atoms with Crippen molar-refractivity contribution in [2.75, 3.05) is 0 Å². The van der Waals surface area contributed by atoms with Crippen molar-refractivity contribution in [2.45, 2.75) is 13.0 Å². The molecular formula is C8H8N2O3. The van der Waals surface area contributed by atoms with Crippen molar-refractivity contribution in [3.63, 3.8) is 0 Å². The van der Waals surface area contributed by atoms with Crippen LogP contribution in [-0.2, 0) is 0 Å². The Morgan fingerprint density at radius 3 is 2.92 bits per heavy atom. The largest absolute Gasteiger partial charge is 0.461 e. The molecule has 0 spiro atoms. The summed E-state index contributed by atoms with van der Waals surface area (Å²) in [4.78, 5) is 3.93. The van der Waals surface area contributed by atoms with Crippen molar-refractivity contribution in [3.05, 3.63) is 24.3 Å². The van der Waals surface area contributed by atoms with Gasteiger partial charge in [0.05, 0.1) is 6.26 Å². The lowest BCUT2D eigenvalue weighted by Gasteiger charge is -1.91. The van der Waals surface area contributed by atoms with Gasteiger partial charge in [0.2, 0.25) is 5.82 Å². The monoisotopic (exact) mass is 180 g/mol. The van der Waals surface area contributed by atoms with Crippen LogP contribution in [0.3, 0.4) is 0 Å². The zero-order valence-corrected chi connectivity index (χ0v) is 6.97. The molecule has 0 amide bonds. The second-order valence-corrected chi connectivity index (χ2v) is 2.61.